The number of nitrogens with one attached hydrogen (secondary N) is 1. The second-order valence-electron chi connectivity index (χ2n) is 4.58. The summed E-state index contributed by atoms with van der Waals surface area (Å²) in [6.45, 7) is 0. The average molecular weight is 294 g/mol. The third-order valence-corrected chi connectivity index (χ3v) is 3.16. The van der Waals surface area contributed by atoms with Crippen molar-refractivity contribution in [1.82, 2.24) is 10.2 Å². The fourth-order valence-corrected chi connectivity index (χ4v) is 2.05. The molecule has 0 saturated carbocycles. The molecule has 22 heavy (non-hydrogen) atoms. The maximum absolute atomic E-state index is 9.55. The van der Waals surface area contributed by atoms with Crippen molar-refractivity contribution in [3.8, 4) is 11.5 Å². The third-order valence-electron chi connectivity index (χ3n) is 3.16. The average Bonchev–Trinajstić information content (AvgIpc) is 2.56. The second-order valence-corrected chi connectivity index (χ2v) is 4.58. The van der Waals surface area contributed by atoms with Crippen molar-refractivity contribution >= 4 is 22.8 Å². The van der Waals surface area contributed by atoms with Crippen molar-refractivity contribution in [2.45, 2.75) is 0 Å². The normalized spacial score (nSPS) is 11.0. The van der Waals surface area contributed by atoms with Gasteiger partial charge in [-0.3, -0.25) is 5.43 Å². The van der Waals surface area contributed by atoms with Crippen molar-refractivity contribution < 1.29 is 9.84 Å². The molecule has 2 aromatic carbocycles. The molecule has 6 nitrogen and oxygen atoms in total. The molecule has 0 fully saturated rings. The van der Waals surface area contributed by atoms with E-state index in [0.29, 0.717) is 11.6 Å². The topological polar surface area (TPSA) is 79.6 Å². The van der Waals surface area contributed by atoms with Crippen LogP contribution < -0.4 is 10.2 Å². The number of hydrazone groups is 1. The van der Waals surface area contributed by atoms with Gasteiger partial charge in [-0.25, -0.2) is 0 Å². The quantitative estimate of drug-likeness (QED) is 0.571. The van der Waals surface area contributed by atoms with Gasteiger partial charge >= 0.3 is 0 Å². The molecule has 6 heteroatoms. The maximum atomic E-state index is 9.55. The number of hydrogen-bond donors (Lipinski definition) is 2. The first kappa shape index (κ1) is 13.8. The summed E-state index contributed by atoms with van der Waals surface area (Å²) >= 11 is 0. The van der Waals surface area contributed by atoms with Crippen LogP contribution in [0.2, 0.25) is 0 Å². The fraction of sp³-hybridized carbons (Fsp3) is 0.0625. The number of ether oxygens (including phenoxy) is 1. The zero-order chi connectivity index (χ0) is 15.4. The number of hydrogen-bond acceptors (Lipinski definition) is 6. The summed E-state index contributed by atoms with van der Waals surface area (Å²) in [7, 11) is 1.50. The van der Waals surface area contributed by atoms with Crippen LogP contribution in [0.25, 0.3) is 10.8 Å². The number of anilines is 1. The number of aromatic hydroxyl groups is 1. The lowest BCUT2D eigenvalue weighted by atomic mass is 10.2. The predicted octanol–water partition coefficient (Wildman–Crippen LogP) is 2.79. The van der Waals surface area contributed by atoms with Gasteiger partial charge in [0.1, 0.15) is 0 Å². The fourth-order valence-electron chi connectivity index (χ4n) is 2.05. The Kier molecular flexibility index (Phi) is 3.82. The Morgan fingerprint density at radius 2 is 2.09 bits per heavy atom. The van der Waals surface area contributed by atoms with E-state index in [1.165, 1.54) is 7.11 Å². The smallest absolute Gasteiger partial charge is 0.176 e. The molecule has 0 saturated heterocycles. The van der Waals surface area contributed by atoms with Crippen LogP contribution >= 0.6 is 0 Å². The molecule has 0 amide bonds. The molecule has 2 N–H and O–H groups in total. The Hall–Kier alpha value is -3.15. The highest BCUT2D eigenvalue weighted by Crippen LogP contribution is 2.25. The van der Waals surface area contributed by atoms with Crippen LogP contribution in [0.1, 0.15) is 5.56 Å². The van der Waals surface area contributed by atoms with Crippen molar-refractivity contribution in [3.05, 3.63) is 54.2 Å². The Bertz CT molecular complexity index is 828. The highest BCUT2D eigenvalue weighted by molar-refractivity contribution is 5.91. The van der Waals surface area contributed by atoms with E-state index in [2.05, 4.69) is 20.7 Å². The molecule has 0 unspecified atom stereocenters. The molecule has 0 aliphatic carbocycles. The predicted molar refractivity (Wildman–Crippen MR) is 85.4 cm³/mol. The molecule has 0 aliphatic rings. The van der Waals surface area contributed by atoms with Crippen molar-refractivity contribution in [1.29, 1.82) is 0 Å². The zero-order valence-electron chi connectivity index (χ0n) is 11.9. The van der Waals surface area contributed by atoms with Crippen LogP contribution in [0.4, 0.5) is 5.82 Å². The van der Waals surface area contributed by atoms with Gasteiger partial charge in [-0.05, 0) is 23.8 Å². The molecule has 110 valence electrons. The van der Waals surface area contributed by atoms with Crippen molar-refractivity contribution in [2.75, 3.05) is 12.5 Å². The highest BCUT2D eigenvalue weighted by atomic mass is 16.5. The Morgan fingerprint density at radius 1 is 1.23 bits per heavy atom. The first-order valence-corrected chi connectivity index (χ1v) is 6.64. The summed E-state index contributed by atoms with van der Waals surface area (Å²) in [5.74, 6) is 1.07. The van der Waals surface area contributed by atoms with Gasteiger partial charge in [-0.2, -0.15) is 10.2 Å². The van der Waals surface area contributed by atoms with Gasteiger partial charge in [-0.1, -0.05) is 24.3 Å². The standard InChI is InChI=1S/C16H14N4O2/c1-22-15-8-11(6-7-14(15)21)9-17-19-16-13-5-3-2-4-12(13)10-18-20-16/h2-10,21H,1H3,(H,19,20)/b17-9+. The second kappa shape index (κ2) is 6.09. The van der Waals surface area contributed by atoms with E-state index in [1.54, 1.807) is 30.6 Å². The van der Waals surface area contributed by atoms with Gasteiger partial charge in [0.25, 0.3) is 0 Å². The summed E-state index contributed by atoms with van der Waals surface area (Å²) in [6, 6.07) is 12.8. The van der Waals surface area contributed by atoms with E-state index >= 15 is 0 Å². The monoisotopic (exact) mass is 294 g/mol. The van der Waals surface area contributed by atoms with E-state index in [-0.39, 0.29) is 5.75 Å². The van der Waals surface area contributed by atoms with Crippen molar-refractivity contribution in [3.63, 3.8) is 0 Å². The number of methoxy groups -OCH3 is 1. The summed E-state index contributed by atoms with van der Waals surface area (Å²) in [6.07, 6.45) is 3.32. The van der Waals surface area contributed by atoms with Gasteiger partial charge in [0.05, 0.1) is 19.5 Å². The Morgan fingerprint density at radius 3 is 2.95 bits per heavy atom. The van der Waals surface area contributed by atoms with Gasteiger partial charge in [-0.15, -0.1) is 5.10 Å². The number of nitrogens with zero attached hydrogens (tertiary/aromatic N) is 3. The van der Waals surface area contributed by atoms with Crippen LogP contribution in [0, 0.1) is 0 Å². The number of rotatable bonds is 4. The molecule has 3 aromatic rings. The van der Waals surface area contributed by atoms with E-state index in [0.717, 1.165) is 16.3 Å². The van der Waals surface area contributed by atoms with Gasteiger partial charge in [0.15, 0.2) is 17.3 Å². The van der Waals surface area contributed by atoms with Crippen LogP contribution in [-0.2, 0) is 0 Å². The first-order chi connectivity index (χ1) is 10.8. The number of phenols is 1. The van der Waals surface area contributed by atoms with Gasteiger partial charge < -0.3 is 9.84 Å². The molecular weight excluding hydrogens is 280 g/mol. The van der Waals surface area contributed by atoms with Crippen LogP contribution in [-0.4, -0.2) is 28.6 Å². The Balaban J connectivity index is 1.82. The summed E-state index contributed by atoms with van der Waals surface area (Å²) in [5.41, 5.74) is 3.67. The highest BCUT2D eigenvalue weighted by Gasteiger charge is 2.02. The SMILES string of the molecule is COc1cc(/C=N/Nc2nncc3ccccc23)ccc1O. The molecule has 0 aliphatic heterocycles. The minimum Gasteiger partial charge on any atom is -0.504 e. The van der Waals surface area contributed by atoms with E-state index in [1.807, 2.05) is 24.3 Å². The number of fused-ring (bicyclic) bond motifs is 1. The van der Waals surface area contributed by atoms with Crippen molar-refractivity contribution in [2.24, 2.45) is 5.10 Å². The molecule has 1 heterocycles. The Labute approximate surface area is 127 Å². The van der Waals surface area contributed by atoms with Crippen LogP contribution in [0.5, 0.6) is 11.5 Å². The lowest BCUT2D eigenvalue weighted by Gasteiger charge is -2.04. The van der Waals surface area contributed by atoms with E-state index in [4.69, 9.17) is 4.74 Å². The summed E-state index contributed by atoms with van der Waals surface area (Å²) in [4.78, 5) is 0. The molecule has 3 rings (SSSR count). The summed E-state index contributed by atoms with van der Waals surface area (Å²) < 4.78 is 5.05. The molecular formula is C16H14N4O2. The third kappa shape index (κ3) is 2.80. The minimum absolute atomic E-state index is 0.0903. The van der Waals surface area contributed by atoms with E-state index in [9.17, 15) is 5.11 Å². The van der Waals surface area contributed by atoms with Crippen LogP contribution in [0.3, 0.4) is 0 Å². The van der Waals surface area contributed by atoms with Gasteiger partial charge in [0, 0.05) is 10.8 Å². The maximum Gasteiger partial charge on any atom is 0.176 e. The summed E-state index contributed by atoms with van der Waals surface area (Å²) in [5, 5.41) is 23.6. The number of benzene rings is 2. The lowest BCUT2D eigenvalue weighted by molar-refractivity contribution is 0.373. The number of aromatic nitrogens is 2. The van der Waals surface area contributed by atoms with E-state index < -0.39 is 0 Å². The lowest BCUT2D eigenvalue weighted by Crippen LogP contribution is -1.96. The molecule has 0 radical (unpaired) electrons. The minimum atomic E-state index is 0.0903. The van der Waals surface area contributed by atoms with Crippen LogP contribution in [0.15, 0.2) is 53.8 Å². The molecule has 1 aromatic heterocycles. The molecule has 0 spiro atoms. The molecule has 0 bridgehead atoms. The molecule has 0 atom stereocenters. The number of phenolic OH excluding ortho intramolecular Hbond substituents is 1. The zero-order valence-corrected chi connectivity index (χ0v) is 11.9. The largest absolute Gasteiger partial charge is 0.504 e. The first-order valence-electron chi connectivity index (χ1n) is 6.64. The van der Waals surface area contributed by atoms with Gasteiger partial charge in [0.2, 0.25) is 0 Å².